The van der Waals surface area contributed by atoms with E-state index < -0.39 is 0 Å². The zero-order valence-corrected chi connectivity index (χ0v) is 20.3. The van der Waals surface area contributed by atoms with Crippen LogP contribution < -0.4 is 16.0 Å². The fourth-order valence-corrected chi connectivity index (χ4v) is 3.52. The Labute approximate surface area is 189 Å². The number of rotatable bonds is 9. The van der Waals surface area contributed by atoms with Gasteiger partial charge in [-0.3, -0.25) is 14.7 Å². The van der Waals surface area contributed by atoms with Crippen molar-refractivity contribution in [2.24, 2.45) is 4.99 Å². The number of ether oxygens (including phenoxy) is 1. The Balaban J connectivity index is 0.00000392. The number of guanidine groups is 1. The maximum absolute atomic E-state index is 11.9. The molecule has 1 aromatic rings. The maximum atomic E-state index is 11.9. The summed E-state index contributed by atoms with van der Waals surface area (Å²) in [7, 11) is 0. The monoisotopic (exact) mass is 523 g/mol. The molecule has 1 aromatic heterocycles. The van der Waals surface area contributed by atoms with E-state index in [0.717, 1.165) is 63.2 Å². The van der Waals surface area contributed by atoms with Crippen LogP contribution in [-0.2, 0) is 4.74 Å². The van der Waals surface area contributed by atoms with E-state index in [-0.39, 0.29) is 35.4 Å². The van der Waals surface area contributed by atoms with Crippen LogP contribution in [0.5, 0.6) is 0 Å². The molecule has 0 atom stereocenters. The zero-order chi connectivity index (χ0) is 19.5. The summed E-state index contributed by atoms with van der Waals surface area (Å²) in [4.78, 5) is 19.8. The molecule has 0 aliphatic carbocycles. The van der Waals surface area contributed by atoms with Gasteiger partial charge in [0.15, 0.2) is 5.96 Å². The van der Waals surface area contributed by atoms with Crippen LogP contribution in [0.4, 0.5) is 0 Å². The quantitative estimate of drug-likeness (QED) is 0.200. The molecule has 7 nitrogen and oxygen atoms in total. The molecule has 1 aliphatic rings. The highest BCUT2D eigenvalue weighted by Crippen LogP contribution is 2.16. The predicted molar refractivity (Wildman–Crippen MR) is 127 cm³/mol. The van der Waals surface area contributed by atoms with Gasteiger partial charge < -0.3 is 20.7 Å². The lowest BCUT2D eigenvalue weighted by molar-refractivity contribution is -0.00683. The topological polar surface area (TPSA) is 78.0 Å². The number of nitrogens with zero attached hydrogens (tertiary/aromatic N) is 2. The van der Waals surface area contributed by atoms with Crippen molar-refractivity contribution in [1.29, 1.82) is 0 Å². The van der Waals surface area contributed by atoms with Crippen molar-refractivity contribution >= 4 is 47.2 Å². The van der Waals surface area contributed by atoms with Crippen LogP contribution >= 0.6 is 35.3 Å². The predicted octanol–water partition coefficient (Wildman–Crippen LogP) is 2.15. The van der Waals surface area contributed by atoms with Gasteiger partial charge in [0.2, 0.25) is 0 Å². The van der Waals surface area contributed by atoms with Crippen LogP contribution in [-0.4, -0.2) is 74.8 Å². The summed E-state index contributed by atoms with van der Waals surface area (Å²) in [5.41, 5.74) is 0.000807. The summed E-state index contributed by atoms with van der Waals surface area (Å²) in [6.07, 6.45) is 0.842. The lowest BCUT2D eigenvalue weighted by Gasteiger charge is -2.39. The second kappa shape index (κ2) is 13.3. The molecule has 0 aromatic carbocycles. The SMILES string of the molecule is CCNC(=NCC(C)(C)N1CCOCC1)NCCCNC(=O)c1cccs1.I. The third kappa shape index (κ3) is 8.62. The summed E-state index contributed by atoms with van der Waals surface area (Å²) in [5.74, 6) is 0.821. The molecule has 1 saturated heterocycles. The number of thiophene rings is 1. The number of nitrogens with one attached hydrogen (secondary N) is 3. The first-order valence-electron chi connectivity index (χ1n) is 9.69. The van der Waals surface area contributed by atoms with Crippen molar-refractivity contribution in [2.45, 2.75) is 32.7 Å². The van der Waals surface area contributed by atoms with Crippen molar-refractivity contribution in [3.8, 4) is 0 Å². The Kier molecular flexibility index (Phi) is 12.0. The van der Waals surface area contributed by atoms with Gasteiger partial charge in [0, 0.05) is 38.3 Å². The lowest BCUT2D eigenvalue weighted by atomic mass is 10.0. The van der Waals surface area contributed by atoms with Gasteiger partial charge in [0.25, 0.3) is 5.91 Å². The van der Waals surface area contributed by atoms with Crippen LogP contribution in [0.15, 0.2) is 22.5 Å². The molecule has 1 amide bonds. The number of aliphatic imine (C=N–C) groups is 1. The minimum Gasteiger partial charge on any atom is -0.379 e. The molecule has 2 rings (SSSR count). The van der Waals surface area contributed by atoms with E-state index in [1.54, 1.807) is 0 Å². The van der Waals surface area contributed by atoms with E-state index in [1.807, 2.05) is 17.5 Å². The molecule has 0 radical (unpaired) electrons. The summed E-state index contributed by atoms with van der Waals surface area (Å²) in [6.45, 7) is 13.0. The van der Waals surface area contributed by atoms with E-state index in [0.29, 0.717) is 6.54 Å². The average Bonchev–Trinajstić information content (AvgIpc) is 3.21. The number of carbonyl (C=O) groups is 1. The van der Waals surface area contributed by atoms with Crippen LogP contribution in [0.25, 0.3) is 0 Å². The number of hydrogen-bond acceptors (Lipinski definition) is 5. The number of hydrogen-bond donors (Lipinski definition) is 3. The molecule has 1 fully saturated rings. The van der Waals surface area contributed by atoms with Gasteiger partial charge in [0.05, 0.1) is 24.6 Å². The van der Waals surface area contributed by atoms with Crippen LogP contribution in [0.3, 0.4) is 0 Å². The minimum atomic E-state index is -0.00201. The van der Waals surface area contributed by atoms with Crippen molar-refractivity contribution in [2.75, 3.05) is 52.5 Å². The largest absolute Gasteiger partial charge is 0.379 e. The van der Waals surface area contributed by atoms with Gasteiger partial charge in [-0.1, -0.05) is 6.07 Å². The molecular formula is C19H34IN5O2S. The summed E-state index contributed by atoms with van der Waals surface area (Å²) in [6, 6.07) is 3.73. The third-order valence-corrected chi connectivity index (χ3v) is 5.38. The maximum Gasteiger partial charge on any atom is 0.261 e. The Bertz CT molecular complexity index is 589. The zero-order valence-electron chi connectivity index (χ0n) is 17.1. The van der Waals surface area contributed by atoms with E-state index in [2.05, 4.69) is 41.6 Å². The minimum absolute atomic E-state index is 0. The van der Waals surface area contributed by atoms with Crippen LogP contribution in [0.2, 0.25) is 0 Å². The number of carbonyl (C=O) groups excluding carboxylic acids is 1. The first-order valence-corrected chi connectivity index (χ1v) is 10.6. The fraction of sp³-hybridized carbons (Fsp3) is 0.684. The van der Waals surface area contributed by atoms with Gasteiger partial charge in [-0.05, 0) is 38.6 Å². The van der Waals surface area contributed by atoms with Gasteiger partial charge in [-0.15, -0.1) is 35.3 Å². The van der Waals surface area contributed by atoms with Crippen molar-refractivity contribution in [1.82, 2.24) is 20.9 Å². The van der Waals surface area contributed by atoms with Crippen LogP contribution in [0.1, 0.15) is 36.9 Å². The lowest BCUT2D eigenvalue weighted by Crippen LogP contribution is -2.52. The normalized spacial score (nSPS) is 15.6. The standard InChI is InChI=1S/C19H33N5O2S.HI/c1-4-20-18(23-15-19(2,3)24-10-12-26-13-11-24)22-9-6-8-21-17(25)16-7-5-14-27-16;/h5,7,14H,4,6,8-13,15H2,1-3H3,(H,21,25)(H2,20,22,23);1H. The van der Waals surface area contributed by atoms with Crippen molar-refractivity contribution in [3.63, 3.8) is 0 Å². The Morgan fingerprint density at radius 1 is 1.25 bits per heavy atom. The van der Waals surface area contributed by atoms with Gasteiger partial charge in [-0.25, -0.2) is 0 Å². The van der Waals surface area contributed by atoms with Crippen molar-refractivity contribution in [3.05, 3.63) is 22.4 Å². The molecule has 0 bridgehead atoms. The Hall–Kier alpha value is -0.910. The number of morpholine rings is 1. The molecule has 3 N–H and O–H groups in total. The molecule has 1 aliphatic heterocycles. The van der Waals surface area contributed by atoms with E-state index >= 15 is 0 Å². The van der Waals surface area contributed by atoms with E-state index in [4.69, 9.17) is 9.73 Å². The first-order chi connectivity index (χ1) is 13.0. The third-order valence-electron chi connectivity index (χ3n) is 4.51. The number of amides is 1. The van der Waals surface area contributed by atoms with E-state index in [1.165, 1.54) is 11.3 Å². The highest BCUT2D eigenvalue weighted by molar-refractivity contribution is 14.0. The Morgan fingerprint density at radius 2 is 1.96 bits per heavy atom. The molecule has 2 heterocycles. The first kappa shape index (κ1) is 25.1. The summed E-state index contributed by atoms with van der Waals surface area (Å²) < 4.78 is 5.44. The Morgan fingerprint density at radius 3 is 2.61 bits per heavy atom. The van der Waals surface area contributed by atoms with Gasteiger partial charge in [-0.2, -0.15) is 0 Å². The second-order valence-corrected chi connectivity index (χ2v) is 8.07. The molecule has 160 valence electrons. The smallest absolute Gasteiger partial charge is 0.261 e. The summed E-state index contributed by atoms with van der Waals surface area (Å²) in [5, 5.41) is 11.5. The fourth-order valence-electron chi connectivity index (χ4n) is 2.87. The molecule has 0 saturated carbocycles. The second-order valence-electron chi connectivity index (χ2n) is 7.12. The van der Waals surface area contributed by atoms with Gasteiger partial charge in [0.1, 0.15) is 0 Å². The molecule has 0 spiro atoms. The van der Waals surface area contributed by atoms with Crippen molar-refractivity contribution < 1.29 is 9.53 Å². The van der Waals surface area contributed by atoms with Crippen LogP contribution in [0, 0.1) is 0 Å². The molecule has 0 unspecified atom stereocenters. The summed E-state index contributed by atoms with van der Waals surface area (Å²) >= 11 is 1.46. The average molecular weight is 523 g/mol. The molecule has 28 heavy (non-hydrogen) atoms. The van der Waals surface area contributed by atoms with Gasteiger partial charge >= 0.3 is 0 Å². The van der Waals surface area contributed by atoms with E-state index in [9.17, 15) is 4.79 Å². The number of halogens is 1. The molecular weight excluding hydrogens is 489 g/mol. The highest BCUT2D eigenvalue weighted by Gasteiger charge is 2.28. The molecule has 9 heteroatoms. The highest BCUT2D eigenvalue weighted by atomic mass is 127.